The Kier molecular flexibility index (Phi) is 12.6. The normalized spacial score (nSPS) is 19.2. The van der Waals surface area contributed by atoms with Gasteiger partial charge in [0, 0.05) is 57.4 Å². The van der Waals surface area contributed by atoms with Gasteiger partial charge in [-0.15, -0.1) is 0 Å². The number of nitrogens with zero attached hydrogens (tertiary/aromatic N) is 5. The molecule has 1 aliphatic rings. The monoisotopic (exact) mass is 585 g/mol. The van der Waals surface area contributed by atoms with E-state index in [1.165, 1.54) is 59.0 Å². The molecule has 236 valence electrons. The third-order valence-electron chi connectivity index (χ3n) is 9.72. The predicted octanol–water partition coefficient (Wildman–Crippen LogP) is 5.82. The molecular formula is C38H59N5. The topological polar surface area (TPSA) is 16.2 Å². The van der Waals surface area contributed by atoms with E-state index in [9.17, 15) is 0 Å². The van der Waals surface area contributed by atoms with E-state index < -0.39 is 0 Å². The Morgan fingerprint density at radius 2 is 1.58 bits per heavy atom. The molecule has 43 heavy (non-hydrogen) atoms. The second-order valence-electron chi connectivity index (χ2n) is 13.9. The van der Waals surface area contributed by atoms with Gasteiger partial charge in [-0.3, -0.25) is 9.80 Å². The first-order valence-electron chi connectivity index (χ1n) is 16.6. The molecule has 5 heteroatoms. The zero-order chi connectivity index (χ0) is 30.9. The van der Waals surface area contributed by atoms with Crippen LogP contribution in [0.2, 0.25) is 0 Å². The summed E-state index contributed by atoms with van der Waals surface area (Å²) < 4.78 is 0. The van der Waals surface area contributed by atoms with E-state index in [-0.39, 0.29) is 0 Å². The zero-order valence-corrected chi connectivity index (χ0v) is 28.5. The van der Waals surface area contributed by atoms with Crippen LogP contribution in [0.1, 0.15) is 42.0 Å². The summed E-state index contributed by atoms with van der Waals surface area (Å²) in [5.74, 6) is 0. The Bertz CT molecular complexity index is 1270. The molecule has 0 saturated carbocycles. The van der Waals surface area contributed by atoms with Gasteiger partial charge < -0.3 is 14.7 Å². The average Bonchev–Trinajstić information content (AvgIpc) is 2.97. The molecule has 4 rings (SSSR count). The molecule has 5 nitrogen and oxygen atoms in total. The first kappa shape index (κ1) is 33.6. The molecule has 3 aromatic rings. The van der Waals surface area contributed by atoms with Crippen LogP contribution in [0.15, 0.2) is 60.7 Å². The zero-order valence-electron chi connectivity index (χ0n) is 28.5. The van der Waals surface area contributed by atoms with Crippen molar-refractivity contribution in [3.05, 3.63) is 82.9 Å². The Hall–Kier alpha value is -2.28. The molecule has 0 aromatic heterocycles. The molecule has 1 saturated heterocycles. The molecule has 1 fully saturated rings. The van der Waals surface area contributed by atoms with Gasteiger partial charge in [-0.25, -0.2) is 0 Å². The lowest BCUT2D eigenvalue weighted by atomic mass is 9.96. The number of fused-ring (bicyclic) bond motifs is 1. The fraction of sp³-hybridized carbons (Fsp3) is 0.579. The number of piperazine rings is 1. The number of hydrogen-bond acceptors (Lipinski definition) is 5. The Labute approximate surface area is 263 Å². The van der Waals surface area contributed by atoms with E-state index in [2.05, 4.69) is 141 Å². The molecule has 1 heterocycles. The standard InChI is InChI=1S/C38H59N5/c1-30-15-17-35(31(2)24-30)26-38(40(6)7)29-43-27-32(3)42(28-37(43)14-11-20-41(8)23-22-39(4)5)21-19-33-16-18-34-12-9-10-13-36(34)25-33/h9-10,12-13,15-18,24-25,32,37-38H,11,14,19-23,26-29H2,1-8H3. The summed E-state index contributed by atoms with van der Waals surface area (Å²) in [6, 6.07) is 24.4. The van der Waals surface area contributed by atoms with Crippen molar-refractivity contribution in [2.45, 2.75) is 64.6 Å². The fourth-order valence-electron chi connectivity index (χ4n) is 6.74. The third-order valence-corrected chi connectivity index (χ3v) is 9.72. The van der Waals surface area contributed by atoms with Gasteiger partial charge in [0.2, 0.25) is 0 Å². The molecule has 0 bridgehead atoms. The lowest BCUT2D eigenvalue weighted by molar-refractivity contribution is 0.0166. The Morgan fingerprint density at radius 1 is 0.814 bits per heavy atom. The van der Waals surface area contributed by atoms with Gasteiger partial charge in [0.15, 0.2) is 0 Å². The maximum atomic E-state index is 2.85. The Morgan fingerprint density at radius 3 is 2.30 bits per heavy atom. The molecule has 0 amide bonds. The summed E-state index contributed by atoms with van der Waals surface area (Å²) in [5, 5.41) is 2.69. The maximum Gasteiger partial charge on any atom is 0.0257 e. The summed E-state index contributed by atoms with van der Waals surface area (Å²) in [6.07, 6.45) is 4.73. The minimum absolute atomic E-state index is 0.503. The van der Waals surface area contributed by atoms with Gasteiger partial charge in [-0.1, -0.05) is 66.2 Å². The molecular weight excluding hydrogens is 526 g/mol. The van der Waals surface area contributed by atoms with Crippen molar-refractivity contribution in [2.75, 3.05) is 81.1 Å². The summed E-state index contributed by atoms with van der Waals surface area (Å²) in [5.41, 5.74) is 5.72. The van der Waals surface area contributed by atoms with Crippen LogP contribution < -0.4 is 0 Å². The highest BCUT2D eigenvalue weighted by atomic mass is 15.3. The summed E-state index contributed by atoms with van der Waals surface area (Å²) in [7, 11) is 11.2. The van der Waals surface area contributed by atoms with Crippen LogP contribution in [-0.4, -0.2) is 124 Å². The van der Waals surface area contributed by atoms with Crippen LogP contribution in [0.5, 0.6) is 0 Å². The molecule has 3 aromatic carbocycles. The van der Waals surface area contributed by atoms with E-state index in [1.54, 1.807) is 0 Å². The van der Waals surface area contributed by atoms with E-state index in [0.29, 0.717) is 18.1 Å². The van der Waals surface area contributed by atoms with E-state index in [0.717, 1.165) is 45.6 Å². The van der Waals surface area contributed by atoms with Crippen LogP contribution in [-0.2, 0) is 12.8 Å². The number of rotatable bonds is 15. The second-order valence-corrected chi connectivity index (χ2v) is 13.9. The number of benzene rings is 3. The molecule has 0 N–H and O–H groups in total. The minimum Gasteiger partial charge on any atom is -0.308 e. The van der Waals surface area contributed by atoms with Crippen molar-refractivity contribution < 1.29 is 0 Å². The van der Waals surface area contributed by atoms with Crippen molar-refractivity contribution in [2.24, 2.45) is 0 Å². The first-order valence-corrected chi connectivity index (χ1v) is 16.6. The molecule has 3 unspecified atom stereocenters. The molecule has 0 spiro atoms. The van der Waals surface area contributed by atoms with Crippen LogP contribution in [0.25, 0.3) is 10.8 Å². The molecule has 0 aliphatic carbocycles. The van der Waals surface area contributed by atoms with Crippen LogP contribution in [0.3, 0.4) is 0 Å². The van der Waals surface area contributed by atoms with Gasteiger partial charge in [-0.2, -0.15) is 0 Å². The third kappa shape index (κ3) is 10.1. The highest BCUT2D eigenvalue weighted by Crippen LogP contribution is 2.23. The van der Waals surface area contributed by atoms with Gasteiger partial charge >= 0.3 is 0 Å². The SMILES string of the molecule is Cc1ccc(CC(CN2CC(C)N(CCc3ccc4ccccc4c3)CC2CCCN(C)CCN(C)C)N(C)C)c(C)c1. The van der Waals surface area contributed by atoms with Crippen molar-refractivity contribution in [3.63, 3.8) is 0 Å². The second kappa shape index (κ2) is 16.2. The van der Waals surface area contributed by atoms with E-state index in [1.807, 2.05) is 0 Å². The van der Waals surface area contributed by atoms with E-state index in [4.69, 9.17) is 0 Å². The van der Waals surface area contributed by atoms with Gasteiger partial charge in [-0.05, 0) is 116 Å². The van der Waals surface area contributed by atoms with Crippen LogP contribution in [0.4, 0.5) is 0 Å². The lowest BCUT2D eigenvalue weighted by Crippen LogP contribution is -2.60. The quantitative estimate of drug-likeness (QED) is 0.223. The lowest BCUT2D eigenvalue weighted by Gasteiger charge is -2.47. The van der Waals surface area contributed by atoms with Crippen molar-refractivity contribution in [1.82, 2.24) is 24.5 Å². The van der Waals surface area contributed by atoms with Crippen molar-refractivity contribution >= 4 is 10.8 Å². The number of aryl methyl sites for hydroxylation is 2. The maximum absolute atomic E-state index is 2.85. The number of likely N-dealkylation sites (N-methyl/N-ethyl adjacent to an activating group) is 3. The van der Waals surface area contributed by atoms with Gasteiger partial charge in [0.25, 0.3) is 0 Å². The first-order chi connectivity index (χ1) is 20.6. The Balaban J connectivity index is 1.43. The largest absolute Gasteiger partial charge is 0.308 e. The van der Waals surface area contributed by atoms with E-state index >= 15 is 0 Å². The fourth-order valence-corrected chi connectivity index (χ4v) is 6.74. The minimum atomic E-state index is 0.503. The van der Waals surface area contributed by atoms with Crippen LogP contribution in [0, 0.1) is 13.8 Å². The van der Waals surface area contributed by atoms with Gasteiger partial charge in [0.1, 0.15) is 0 Å². The van der Waals surface area contributed by atoms with Crippen molar-refractivity contribution in [3.8, 4) is 0 Å². The smallest absolute Gasteiger partial charge is 0.0257 e. The summed E-state index contributed by atoms with van der Waals surface area (Å²) >= 11 is 0. The van der Waals surface area contributed by atoms with Crippen LogP contribution >= 0.6 is 0 Å². The summed E-state index contributed by atoms with van der Waals surface area (Å²) in [6.45, 7) is 14.9. The van der Waals surface area contributed by atoms with Crippen molar-refractivity contribution in [1.29, 1.82) is 0 Å². The highest BCUT2D eigenvalue weighted by Gasteiger charge is 2.33. The molecule has 0 radical (unpaired) electrons. The molecule has 3 atom stereocenters. The summed E-state index contributed by atoms with van der Waals surface area (Å²) in [4.78, 5) is 12.9. The number of hydrogen-bond donors (Lipinski definition) is 0. The molecule has 1 aliphatic heterocycles. The van der Waals surface area contributed by atoms with Gasteiger partial charge in [0.05, 0.1) is 0 Å². The highest BCUT2D eigenvalue weighted by molar-refractivity contribution is 5.82. The predicted molar refractivity (Wildman–Crippen MR) is 186 cm³/mol. The average molecular weight is 586 g/mol.